The van der Waals surface area contributed by atoms with E-state index in [1.54, 1.807) is 0 Å². The fraction of sp³-hybridized carbons (Fsp3) is 1.00. The predicted octanol–water partition coefficient (Wildman–Crippen LogP) is 1.65. The Morgan fingerprint density at radius 1 is 1.36 bits per heavy atom. The largest absolute Gasteiger partial charge is 0.303 e. The van der Waals surface area contributed by atoms with Crippen LogP contribution < -0.4 is 0 Å². The zero-order valence-corrected chi connectivity index (χ0v) is 8.06. The molecule has 3 aliphatic rings. The molecule has 3 aliphatic heterocycles. The lowest BCUT2D eigenvalue weighted by Crippen LogP contribution is -2.49. The van der Waals surface area contributed by atoms with Crippen LogP contribution in [0.2, 0.25) is 0 Å². The first-order valence-electron chi connectivity index (χ1n) is 4.68. The lowest BCUT2D eigenvalue weighted by molar-refractivity contribution is 0.0523. The molecule has 3 rings (SSSR count). The molecule has 11 heavy (non-hydrogen) atoms. The van der Waals surface area contributed by atoms with Crippen molar-refractivity contribution in [2.75, 3.05) is 19.6 Å². The Balaban J connectivity index is 2.03. The van der Waals surface area contributed by atoms with Gasteiger partial charge in [-0.25, -0.2) is 0 Å². The first-order valence-corrected chi connectivity index (χ1v) is 5.19. The Labute approximate surface area is 74.6 Å². The highest BCUT2D eigenvalue weighted by atomic mass is 32.1. The quantitative estimate of drug-likeness (QED) is 0.587. The summed E-state index contributed by atoms with van der Waals surface area (Å²) in [5.41, 5.74) is 0. The van der Waals surface area contributed by atoms with Crippen molar-refractivity contribution in [1.29, 1.82) is 0 Å². The molecular weight excluding hydrogens is 154 g/mol. The third-order valence-electron chi connectivity index (χ3n) is 3.33. The monoisotopic (exact) mass is 171 g/mol. The van der Waals surface area contributed by atoms with Crippen LogP contribution in [-0.4, -0.2) is 29.8 Å². The summed E-state index contributed by atoms with van der Waals surface area (Å²) in [7, 11) is 0. The molecule has 0 aromatic rings. The maximum Gasteiger partial charge on any atom is 0.00316 e. The van der Waals surface area contributed by atoms with Crippen molar-refractivity contribution >= 4 is 12.6 Å². The van der Waals surface area contributed by atoms with Crippen LogP contribution in [0.25, 0.3) is 0 Å². The minimum Gasteiger partial charge on any atom is -0.303 e. The van der Waals surface area contributed by atoms with Crippen molar-refractivity contribution in [3.8, 4) is 0 Å². The van der Waals surface area contributed by atoms with E-state index < -0.39 is 0 Å². The minimum atomic E-state index is 0.600. The van der Waals surface area contributed by atoms with E-state index in [4.69, 9.17) is 0 Å². The van der Waals surface area contributed by atoms with Gasteiger partial charge in [0.15, 0.2) is 0 Å². The van der Waals surface area contributed by atoms with E-state index in [-0.39, 0.29) is 0 Å². The van der Waals surface area contributed by atoms with Gasteiger partial charge in [-0.15, -0.1) is 0 Å². The average Bonchev–Trinajstić information content (AvgIpc) is 2.06. The summed E-state index contributed by atoms with van der Waals surface area (Å²) in [4.78, 5) is 2.59. The van der Waals surface area contributed by atoms with Gasteiger partial charge in [0.25, 0.3) is 0 Å². The molecule has 2 heteroatoms. The van der Waals surface area contributed by atoms with Crippen molar-refractivity contribution in [2.24, 2.45) is 11.8 Å². The fourth-order valence-electron chi connectivity index (χ4n) is 2.56. The lowest BCUT2D eigenvalue weighted by Gasteiger charge is -2.46. The zero-order valence-electron chi connectivity index (χ0n) is 7.16. The summed E-state index contributed by atoms with van der Waals surface area (Å²) in [6, 6.07) is 0. The standard InChI is InChI=1S/C9H17NS/c1-7(11)9-6-10-4-2-8(9)3-5-10/h7-9,11H,2-6H2,1H3/t7?,9-/m0/s1. The smallest absolute Gasteiger partial charge is 0.00316 e. The second-order valence-electron chi connectivity index (χ2n) is 4.04. The Morgan fingerprint density at radius 3 is 2.27 bits per heavy atom. The highest BCUT2D eigenvalue weighted by Crippen LogP contribution is 2.35. The van der Waals surface area contributed by atoms with Gasteiger partial charge in [-0.3, -0.25) is 0 Å². The molecule has 3 saturated heterocycles. The molecule has 64 valence electrons. The van der Waals surface area contributed by atoms with E-state index >= 15 is 0 Å². The third kappa shape index (κ3) is 1.43. The number of rotatable bonds is 1. The molecule has 0 aromatic heterocycles. The van der Waals surface area contributed by atoms with Crippen LogP contribution >= 0.6 is 12.6 Å². The van der Waals surface area contributed by atoms with Crippen molar-refractivity contribution < 1.29 is 0 Å². The molecule has 2 bridgehead atoms. The van der Waals surface area contributed by atoms with E-state index in [2.05, 4.69) is 24.5 Å². The Bertz CT molecular complexity index is 138. The van der Waals surface area contributed by atoms with Crippen molar-refractivity contribution in [1.82, 2.24) is 4.90 Å². The van der Waals surface area contributed by atoms with Crippen LogP contribution in [0.4, 0.5) is 0 Å². The van der Waals surface area contributed by atoms with Gasteiger partial charge in [0.05, 0.1) is 0 Å². The summed E-state index contributed by atoms with van der Waals surface area (Å²) in [5.74, 6) is 1.87. The maximum absolute atomic E-state index is 4.55. The molecule has 3 heterocycles. The molecule has 3 fully saturated rings. The summed E-state index contributed by atoms with van der Waals surface area (Å²) in [5, 5.41) is 0.600. The van der Waals surface area contributed by atoms with Crippen LogP contribution in [-0.2, 0) is 0 Å². The number of hydrogen-bond donors (Lipinski definition) is 1. The number of thiol groups is 1. The van der Waals surface area contributed by atoms with E-state index in [1.165, 1.54) is 32.5 Å². The molecular formula is C9H17NS. The normalized spacial score (nSPS) is 45.8. The van der Waals surface area contributed by atoms with Crippen molar-refractivity contribution in [3.05, 3.63) is 0 Å². The molecule has 0 aromatic carbocycles. The fourth-order valence-corrected chi connectivity index (χ4v) is 2.90. The van der Waals surface area contributed by atoms with Gasteiger partial charge < -0.3 is 4.90 Å². The van der Waals surface area contributed by atoms with Crippen LogP contribution in [0.1, 0.15) is 19.8 Å². The van der Waals surface area contributed by atoms with Crippen molar-refractivity contribution in [2.45, 2.75) is 25.0 Å². The predicted molar refractivity (Wildman–Crippen MR) is 51.1 cm³/mol. The molecule has 0 saturated carbocycles. The van der Waals surface area contributed by atoms with Crippen LogP contribution in [0.15, 0.2) is 0 Å². The van der Waals surface area contributed by atoms with Gasteiger partial charge in [0.1, 0.15) is 0 Å². The summed E-state index contributed by atoms with van der Waals surface area (Å²) in [6.07, 6.45) is 2.85. The summed E-state index contributed by atoms with van der Waals surface area (Å²) >= 11 is 4.55. The number of fused-ring (bicyclic) bond motifs is 3. The number of hydrogen-bond acceptors (Lipinski definition) is 2. The summed E-state index contributed by atoms with van der Waals surface area (Å²) < 4.78 is 0. The number of piperidine rings is 3. The molecule has 0 N–H and O–H groups in total. The Kier molecular flexibility index (Phi) is 2.15. The topological polar surface area (TPSA) is 3.24 Å². The van der Waals surface area contributed by atoms with Gasteiger partial charge in [-0.05, 0) is 37.8 Å². The van der Waals surface area contributed by atoms with Crippen LogP contribution in [0.3, 0.4) is 0 Å². The van der Waals surface area contributed by atoms with Gasteiger partial charge in [0.2, 0.25) is 0 Å². The first kappa shape index (κ1) is 7.93. The van der Waals surface area contributed by atoms with Gasteiger partial charge in [-0.1, -0.05) is 6.92 Å². The van der Waals surface area contributed by atoms with E-state index in [9.17, 15) is 0 Å². The molecule has 1 unspecified atom stereocenters. The highest BCUT2D eigenvalue weighted by Gasteiger charge is 2.35. The molecule has 2 atom stereocenters. The van der Waals surface area contributed by atoms with Crippen LogP contribution in [0, 0.1) is 11.8 Å². The minimum absolute atomic E-state index is 0.600. The van der Waals surface area contributed by atoms with E-state index in [0.29, 0.717) is 5.25 Å². The third-order valence-corrected chi connectivity index (χ3v) is 3.71. The molecule has 0 radical (unpaired) electrons. The van der Waals surface area contributed by atoms with Gasteiger partial charge in [0, 0.05) is 11.8 Å². The van der Waals surface area contributed by atoms with Crippen LogP contribution in [0.5, 0.6) is 0 Å². The van der Waals surface area contributed by atoms with Crippen molar-refractivity contribution in [3.63, 3.8) is 0 Å². The molecule has 0 amide bonds. The summed E-state index contributed by atoms with van der Waals surface area (Å²) in [6.45, 7) is 6.26. The highest BCUT2D eigenvalue weighted by molar-refractivity contribution is 7.80. The maximum atomic E-state index is 4.55. The van der Waals surface area contributed by atoms with Gasteiger partial charge >= 0.3 is 0 Å². The number of nitrogens with zero attached hydrogens (tertiary/aromatic N) is 1. The SMILES string of the molecule is CC(S)[C@@H]1CN2CCC1CC2. The zero-order chi connectivity index (χ0) is 7.84. The Hall–Kier alpha value is 0.310. The Morgan fingerprint density at radius 2 is 2.00 bits per heavy atom. The lowest BCUT2D eigenvalue weighted by atomic mass is 9.77. The molecule has 0 aliphatic carbocycles. The van der Waals surface area contributed by atoms with E-state index in [1.807, 2.05) is 0 Å². The first-order chi connectivity index (χ1) is 5.27. The molecule has 1 nitrogen and oxygen atoms in total. The second kappa shape index (κ2) is 2.98. The average molecular weight is 171 g/mol. The molecule has 0 spiro atoms. The second-order valence-corrected chi connectivity index (χ2v) is 4.86. The van der Waals surface area contributed by atoms with E-state index in [0.717, 1.165) is 11.8 Å². The van der Waals surface area contributed by atoms with Gasteiger partial charge in [-0.2, -0.15) is 12.6 Å².